The smallest absolute Gasteiger partial charge is 0.363 e. The molecule has 0 bridgehead atoms. The minimum atomic E-state index is -0.473. The molecule has 2 aromatic rings. The number of cyclic esters (lactones) is 1. The van der Waals surface area contributed by atoms with Gasteiger partial charge in [-0.15, -0.1) is 0 Å². The highest BCUT2D eigenvalue weighted by Gasteiger charge is 2.24. The summed E-state index contributed by atoms with van der Waals surface area (Å²) in [6.07, 6.45) is 7.62. The highest BCUT2D eigenvalue weighted by Crippen LogP contribution is 2.25. The van der Waals surface area contributed by atoms with Crippen molar-refractivity contribution in [3.63, 3.8) is 0 Å². The maximum Gasteiger partial charge on any atom is 0.363 e. The molecule has 0 saturated heterocycles. The predicted octanol–water partition coefficient (Wildman–Crippen LogP) is 6.03. The summed E-state index contributed by atoms with van der Waals surface area (Å²) in [6.45, 7) is 2.86. The van der Waals surface area contributed by atoms with E-state index in [2.05, 4.69) is 11.9 Å². The fourth-order valence-electron chi connectivity index (χ4n) is 2.89. The van der Waals surface area contributed by atoms with Gasteiger partial charge in [0.15, 0.2) is 5.70 Å². The number of unbranched alkanes of at least 4 members (excludes halogenated alkanes) is 4. The molecule has 2 aromatic carbocycles. The summed E-state index contributed by atoms with van der Waals surface area (Å²) < 4.78 is 11.2. The van der Waals surface area contributed by atoms with Crippen molar-refractivity contribution in [1.29, 1.82) is 0 Å². The quantitative estimate of drug-likeness (QED) is 0.294. The molecule has 0 aliphatic carbocycles. The second-order valence-corrected chi connectivity index (χ2v) is 7.08. The maximum atomic E-state index is 12.2. The summed E-state index contributed by atoms with van der Waals surface area (Å²) >= 11 is 5.90. The molecule has 146 valence electrons. The van der Waals surface area contributed by atoms with Crippen molar-refractivity contribution in [3.05, 3.63) is 70.4 Å². The number of nitrogens with zero attached hydrogens (tertiary/aromatic N) is 1. The van der Waals surface area contributed by atoms with Crippen LogP contribution in [0.1, 0.15) is 50.2 Å². The van der Waals surface area contributed by atoms with Crippen LogP contribution in [-0.2, 0) is 9.53 Å². The van der Waals surface area contributed by atoms with Gasteiger partial charge >= 0.3 is 5.97 Å². The first kappa shape index (κ1) is 20.2. The Morgan fingerprint density at radius 2 is 1.79 bits per heavy atom. The van der Waals surface area contributed by atoms with E-state index in [0.717, 1.165) is 24.2 Å². The molecule has 0 unspecified atom stereocenters. The van der Waals surface area contributed by atoms with Crippen molar-refractivity contribution >= 4 is 29.5 Å². The van der Waals surface area contributed by atoms with Gasteiger partial charge in [0.05, 0.1) is 6.61 Å². The Morgan fingerprint density at radius 3 is 2.57 bits per heavy atom. The summed E-state index contributed by atoms with van der Waals surface area (Å²) in [5, 5.41) is 0.616. The van der Waals surface area contributed by atoms with E-state index in [1.165, 1.54) is 19.3 Å². The Morgan fingerprint density at radius 1 is 1.04 bits per heavy atom. The van der Waals surface area contributed by atoms with Gasteiger partial charge in [-0.1, -0.05) is 62.4 Å². The third kappa shape index (κ3) is 5.46. The van der Waals surface area contributed by atoms with Crippen molar-refractivity contribution in [2.45, 2.75) is 39.0 Å². The van der Waals surface area contributed by atoms with Gasteiger partial charge in [0.2, 0.25) is 5.90 Å². The Hall–Kier alpha value is -2.59. The molecular weight excluding hydrogens is 374 g/mol. The number of hydrogen-bond acceptors (Lipinski definition) is 4. The normalized spacial score (nSPS) is 14.9. The summed E-state index contributed by atoms with van der Waals surface area (Å²) in [4.78, 5) is 16.6. The van der Waals surface area contributed by atoms with E-state index in [-0.39, 0.29) is 11.6 Å². The standard InChI is InChI=1S/C23H24ClNO3/c1-2-3-4-5-8-15-27-21-10-7-6-9-18(21)16-20-23(26)28-22(25-20)17-11-13-19(24)14-12-17/h6-7,9-14,16H,2-5,8,15H2,1H3/b20-16-. The molecule has 0 amide bonds. The Kier molecular flexibility index (Phi) is 7.26. The lowest BCUT2D eigenvalue weighted by Gasteiger charge is -2.09. The molecule has 5 heteroatoms. The number of aliphatic imine (C=N–C) groups is 1. The first-order valence-corrected chi connectivity index (χ1v) is 10.1. The summed E-state index contributed by atoms with van der Waals surface area (Å²) in [7, 11) is 0. The van der Waals surface area contributed by atoms with E-state index >= 15 is 0 Å². The first-order chi connectivity index (χ1) is 13.7. The molecule has 1 aliphatic rings. The molecule has 0 radical (unpaired) electrons. The molecule has 0 N–H and O–H groups in total. The third-order valence-electron chi connectivity index (χ3n) is 4.43. The molecule has 3 rings (SSSR count). The van der Waals surface area contributed by atoms with Crippen molar-refractivity contribution in [2.75, 3.05) is 6.61 Å². The molecule has 0 spiro atoms. The molecule has 0 fully saturated rings. The number of rotatable bonds is 9. The molecular formula is C23H24ClNO3. The van der Waals surface area contributed by atoms with Crippen LogP contribution >= 0.6 is 11.6 Å². The Labute approximate surface area is 170 Å². The largest absolute Gasteiger partial charge is 0.493 e. The van der Waals surface area contributed by atoms with E-state index in [9.17, 15) is 4.79 Å². The fraction of sp³-hybridized carbons (Fsp3) is 0.304. The molecule has 28 heavy (non-hydrogen) atoms. The number of benzene rings is 2. The van der Waals surface area contributed by atoms with Crippen LogP contribution in [0.25, 0.3) is 6.08 Å². The topological polar surface area (TPSA) is 47.9 Å². The van der Waals surface area contributed by atoms with Gasteiger partial charge < -0.3 is 9.47 Å². The number of esters is 1. The maximum absolute atomic E-state index is 12.2. The summed E-state index contributed by atoms with van der Waals surface area (Å²) in [5.41, 5.74) is 1.77. The number of carbonyl (C=O) groups is 1. The van der Waals surface area contributed by atoms with Gasteiger partial charge in [-0.3, -0.25) is 0 Å². The molecule has 1 aliphatic heterocycles. The average Bonchev–Trinajstić information content (AvgIpc) is 3.07. The predicted molar refractivity (Wildman–Crippen MR) is 113 cm³/mol. The van der Waals surface area contributed by atoms with Gasteiger partial charge in [-0.2, -0.15) is 0 Å². The number of ether oxygens (including phenoxy) is 2. The molecule has 0 saturated carbocycles. The number of para-hydroxylation sites is 1. The van der Waals surface area contributed by atoms with Crippen molar-refractivity contribution in [1.82, 2.24) is 0 Å². The third-order valence-corrected chi connectivity index (χ3v) is 4.68. The van der Waals surface area contributed by atoms with Crippen LogP contribution in [0.4, 0.5) is 0 Å². The molecule has 0 atom stereocenters. The second-order valence-electron chi connectivity index (χ2n) is 6.64. The minimum absolute atomic E-state index is 0.254. The highest BCUT2D eigenvalue weighted by atomic mass is 35.5. The van der Waals surface area contributed by atoms with E-state index in [1.807, 2.05) is 24.3 Å². The zero-order valence-electron chi connectivity index (χ0n) is 16.0. The second kappa shape index (κ2) is 10.1. The van der Waals surface area contributed by atoms with Crippen LogP contribution in [0.15, 0.2) is 59.2 Å². The first-order valence-electron chi connectivity index (χ1n) is 9.67. The minimum Gasteiger partial charge on any atom is -0.493 e. The van der Waals surface area contributed by atoms with Crippen LogP contribution in [-0.4, -0.2) is 18.5 Å². The zero-order chi connectivity index (χ0) is 19.8. The van der Waals surface area contributed by atoms with Crippen LogP contribution in [0, 0.1) is 0 Å². The van der Waals surface area contributed by atoms with Crippen LogP contribution < -0.4 is 4.74 Å². The lowest BCUT2D eigenvalue weighted by Crippen LogP contribution is -2.05. The van der Waals surface area contributed by atoms with Gasteiger partial charge in [0, 0.05) is 16.1 Å². The van der Waals surface area contributed by atoms with Gasteiger partial charge in [-0.25, -0.2) is 9.79 Å². The monoisotopic (exact) mass is 397 g/mol. The SMILES string of the molecule is CCCCCCCOc1ccccc1/C=C1\N=C(c2ccc(Cl)cc2)OC1=O. The van der Waals surface area contributed by atoms with Gasteiger partial charge in [-0.05, 0) is 42.8 Å². The van der Waals surface area contributed by atoms with Crippen LogP contribution in [0.2, 0.25) is 5.02 Å². The van der Waals surface area contributed by atoms with Gasteiger partial charge in [0.1, 0.15) is 5.75 Å². The van der Waals surface area contributed by atoms with Crippen LogP contribution in [0.5, 0.6) is 5.75 Å². The number of carbonyl (C=O) groups excluding carboxylic acids is 1. The molecule has 0 aromatic heterocycles. The highest BCUT2D eigenvalue weighted by molar-refractivity contribution is 6.30. The van der Waals surface area contributed by atoms with E-state index in [0.29, 0.717) is 17.2 Å². The molecule has 1 heterocycles. The molecule has 4 nitrogen and oxygen atoms in total. The van der Waals surface area contributed by atoms with E-state index in [1.54, 1.807) is 30.3 Å². The van der Waals surface area contributed by atoms with Crippen molar-refractivity contribution in [3.8, 4) is 5.75 Å². The summed E-state index contributed by atoms with van der Waals surface area (Å²) in [5.74, 6) is 0.551. The lowest BCUT2D eigenvalue weighted by atomic mass is 10.1. The van der Waals surface area contributed by atoms with Crippen molar-refractivity contribution < 1.29 is 14.3 Å². The van der Waals surface area contributed by atoms with E-state index in [4.69, 9.17) is 21.1 Å². The van der Waals surface area contributed by atoms with Crippen LogP contribution in [0.3, 0.4) is 0 Å². The summed E-state index contributed by atoms with van der Waals surface area (Å²) in [6, 6.07) is 14.6. The van der Waals surface area contributed by atoms with Crippen molar-refractivity contribution in [2.24, 2.45) is 4.99 Å². The van der Waals surface area contributed by atoms with E-state index < -0.39 is 5.97 Å². The zero-order valence-corrected chi connectivity index (χ0v) is 16.7. The Bertz CT molecular complexity index is 872. The number of hydrogen-bond donors (Lipinski definition) is 0. The Balaban J connectivity index is 1.70. The van der Waals surface area contributed by atoms with Gasteiger partial charge in [0.25, 0.3) is 0 Å². The lowest BCUT2D eigenvalue weighted by molar-refractivity contribution is -0.129. The fourth-order valence-corrected chi connectivity index (χ4v) is 3.02. The average molecular weight is 398 g/mol. The number of halogens is 1.